The summed E-state index contributed by atoms with van der Waals surface area (Å²) in [5.41, 5.74) is -1.61. The van der Waals surface area contributed by atoms with Crippen molar-refractivity contribution in [2.24, 2.45) is 0 Å². The fourth-order valence-corrected chi connectivity index (χ4v) is 2.40. The minimum Gasteiger partial charge on any atom is -0.324 e. The highest BCUT2D eigenvalue weighted by Gasteiger charge is 2.37. The number of amides is 1. The molecule has 0 spiro atoms. The summed E-state index contributed by atoms with van der Waals surface area (Å²) in [6, 6.07) is 3.33. The van der Waals surface area contributed by atoms with Gasteiger partial charge in [-0.1, -0.05) is 11.6 Å². The molecule has 3 nitrogen and oxygen atoms in total. The lowest BCUT2D eigenvalue weighted by molar-refractivity contribution is -0.137. The summed E-state index contributed by atoms with van der Waals surface area (Å²) in [5, 5.41) is 5.16. The quantitative estimate of drug-likeness (QED) is 0.879. The average molecular weight is 307 g/mol. The highest BCUT2D eigenvalue weighted by molar-refractivity contribution is 6.31. The maximum Gasteiger partial charge on any atom is 0.417 e. The molecule has 2 rings (SSSR count). The van der Waals surface area contributed by atoms with Crippen LogP contribution in [0.4, 0.5) is 18.9 Å². The third-order valence-electron chi connectivity index (χ3n) is 3.40. The summed E-state index contributed by atoms with van der Waals surface area (Å²) >= 11 is 5.53. The second kappa shape index (κ2) is 5.26. The van der Waals surface area contributed by atoms with Crippen LogP contribution in [0.15, 0.2) is 18.2 Å². The van der Waals surface area contributed by atoms with Gasteiger partial charge < -0.3 is 10.6 Å². The van der Waals surface area contributed by atoms with E-state index in [2.05, 4.69) is 10.6 Å². The smallest absolute Gasteiger partial charge is 0.324 e. The summed E-state index contributed by atoms with van der Waals surface area (Å²) in [6.07, 6.45) is -3.04. The van der Waals surface area contributed by atoms with E-state index >= 15 is 0 Å². The lowest BCUT2D eigenvalue weighted by Crippen LogP contribution is -2.47. The van der Waals surface area contributed by atoms with Crippen LogP contribution in [0, 0.1) is 0 Å². The number of hydrogen-bond donors (Lipinski definition) is 2. The first-order chi connectivity index (χ1) is 9.22. The molecule has 0 radical (unpaired) electrons. The topological polar surface area (TPSA) is 41.1 Å². The lowest BCUT2D eigenvalue weighted by atomic mass is 9.99. The van der Waals surface area contributed by atoms with Gasteiger partial charge in [-0.15, -0.1) is 0 Å². The van der Waals surface area contributed by atoms with Gasteiger partial charge in [0.15, 0.2) is 0 Å². The van der Waals surface area contributed by atoms with Crippen molar-refractivity contribution in [2.75, 3.05) is 11.9 Å². The maximum atomic E-state index is 12.7. The molecule has 0 aromatic heterocycles. The molecule has 1 fully saturated rings. The van der Waals surface area contributed by atoms with Gasteiger partial charge in [-0.2, -0.15) is 13.2 Å². The molecule has 1 heterocycles. The van der Waals surface area contributed by atoms with Crippen molar-refractivity contribution in [3.05, 3.63) is 28.8 Å². The van der Waals surface area contributed by atoms with Crippen LogP contribution < -0.4 is 10.6 Å². The van der Waals surface area contributed by atoms with E-state index in [1.165, 1.54) is 6.07 Å². The van der Waals surface area contributed by atoms with Crippen LogP contribution in [0.3, 0.4) is 0 Å². The van der Waals surface area contributed by atoms with Crippen LogP contribution in [0.5, 0.6) is 0 Å². The van der Waals surface area contributed by atoms with Crippen LogP contribution in [0.2, 0.25) is 5.02 Å². The Morgan fingerprint density at radius 3 is 2.70 bits per heavy atom. The summed E-state index contributed by atoms with van der Waals surface area (Å²) in [4.78, 5) is 12.1. The fourth-order valence-electron chi connectivity index (χ4n) is 2.18. The third-order valence-corrected chi connectivity index (χ3v) is 3.73. The minimum absolute atomic E-state index is 0.0849. The van der Waals surface area contributed by atoms with E-state index < -0.39 is 17.3 Å². The minimum atomic E-state index is -4.55. The van der Waals surface area contributed by atoms with E-state index in [1.54, 1.807) is 6.92 Å². The summed E-state index contributed by atoms with van der Waals surface area (Å²) in [6.45, 7) is 2.45. The Labute approximate surface area is 119 Å². The van der Waals surface area contributed by atoms with Gasteiger partial charge in [0.1, 0.15) is 0 Å². The Bertz CT molecular complexity index is 525. The van der Waals surface area contributed by atoms with Crippen LogP contribution in [-0.2, 0) is 11.0 Å². The van der Waals surface area contributed by atoms with Crippen molar-refractivity contribution in [1.82, 2.24) is 5.32 Å². The van der Waals surface area contributed by atoms with Crippen LogP contribution in [-0.4, -0.2) is 18.0 Å². The molecule has 20 heavy (non-hydrogen) atoms. The largest absolute Gasteiger partial charge is 0.417 e. The molecular weight excluding hydrogens is 293 g/mol. The number of carbonyl (C=O) groups excluding carboxylic acids is 1. The number of rotatable bonds is 2. The van der Waals surface area contributed by atoms with Crippen molar-refractivity contribution in [2.45, 2.75) is 31.5 Å². The van der Waals surface area contributed by atoms with Crippen molar-refractivity contribution in [1.29, 1.82) is 0 Å². The van der Waals surface area contributed by atoms with E-state index in [1.807, 2.05) is 0 Å². The molecule has 0 bridgehead atoms. The second-order valence-corrected chi connectivity index (χ2v) is 5.42. The number of hydrogen-bond acceptors (Lipinski definition) is 2. The van der Waals surface area contributed by atoms with E-state index in [9.17, 15) is 18.0 Å². The van der Waals surface area contributed by atoms with Crippen LogP contribution >= 0.6 is 11.6 Å². The Morgan fingerprint density at radius 2 is 2.15 bits per heavy atom. The lowest BCUT2D eigenvalue weighted by Gasteiger charge is -2.23. The fraction of sp³-hybridized carbons (Fsp3) is 0.462. The van der Waals surface area contributed by atoms with Gasteiger partial charge in [0, 0.05) is 5.69 Å². The van der Waals surface area contributed by atoms with Gasteiger partial charge in [0.05, 0.1) is 16.1 Å². The first-order valence-electron chi connectivity index (χ1n) is 6.16. The predicted molar refractivity (Wildman–Crippen MR) is 70.7 cm³/mol. The number of alkyl halides is 3. The number of halogens is 4. The molecule has 1 aliphatic rings. The van der Waals surface area contributed by atoms with Crippen LogP contribution in [0.25, 0.3) is 0 Å². The molecule has 0 saturated carbocycles. The molecule has 1 aromatic carbocycles. The number of anilines is 1. The zero-order valence-corrected chi connectivity index (χ0v) is 11.5. The van der Waals surface area contributed by atoms with Gasteiger partial charge in [-0.3, -0.25) is 4.79 Å². The third kappa shape index (κ3) is 3.07. The highest BCUT2D eigenvalue weighted by Crippen LogP contribution is 2.36. The van der Waals surface area contributed by atoms with E-state index in [0.717, 1.165) is 25.1 Å². The monoisotopic (exact) mass is 306 g/mol. The standard InChI is InChI=1S/C13H14ClF3N2O/c1-12(5-2-6-18-12)11(20)19-8-3-4-10(14)9(7-8)13(15,16)17/h3-4,7,18H,2,5-6H2,1H3,(H,19,20). The molecule has 1 atom stereocenters. The maximum absolute atomic E-state index is 12.7. The normalized spacial score (nSPS) is 22.9. The summed E-state index contributed by atoms with van der Waals surface area (Å²) in [5.74, 6) is -0.342. The van der Waals surface area contributed by atoms with Gasteiger partial charge >= 0.3 is 6.18 Å². The van der Waals surface area contributed by atoms with Crippen molar-refractivity contribution in [3.63, 3.8) is 0 Å². The zero-order chi connectivity index (χ0) is 15.0. The molecular formula is C13H14ClF3N2O. The Hall–Kier alpha value is -1.27. The molecule has 2 N–H and O–H groups in total. The van der Waals surface area contributed by atoms with Crippen molar-refractivity contribution in [3.8, 4) is 0 Å². The van der Waals surface area contributed by atoms with Crippen molar-refractivity contribution < 1.29 is 18.0 Å². The molecule has 1 saturated heterocycles. The van der Waals surface area contributed by atoms with Gasteiger partial charge in [0.2, 0.25) is 5.91 Å². The SMILES string of the molecule is CC1(C(=O)Nc2ccc(Cl)c(C(F)(F)F)c2)CCCN1. The zero-order valence-electron chi connectivity index (χ0n) is 10.8. The van der Waals surface area contributed by atoms with Crippen molar-refractivity contribution >= 4 is 23.2 Å². The Balaban J connectivity index is 2.20. The van der Waals surface area contributed by atoms with Gasteiger partial charge in [-0.25, -0.2) is 0 Å². The Morgan fingerprint density at radius 1 is 1.45 bits per heavy atom. The summed E-state index contributed by atoms with van der Waals surface area (Å²) in [7, 11) is 0. The number of nitrogens with one attached hydrogen (secondary N) is 2. The molecule has 110 valence electrons. The summed E-state index contributed by atoms with van der Waals surface area (Å²) < 4.78 is 38.2. The molecule has 0 aliphatic carbocycles. The number of carbonyl (C=O) groups is 1. The molecule has 1 aromatic rings. The van der Waals surface area contributed by atoms with E-state index in [4.69, 9.17) is 11.6 Å². The first kappa shape index (κ1) is 15.1. The van der Waals surface area contributed by atoms with Gasteiger partial charge in [0.25, 0.3) is 0 Å². The Kier molecular flexibility index (Phi) is 3.97. The van der Waals surface area contributed by atoms with Gasteiger partial charge in [-0.05, 0) is 44.5 Å². The molecule has 1 unspecified atom stereocenters. The molecule has 1 aliphatic heterocycles. The highest BCUT2D eigenvalue weighted by atomic mass is 35.5. The van der Waals surface area contributed by atoms with E-state index in [0.29, 0.717) is 6.42 Å². The molecule has 1 amide bonds. The molecule has 7 heteroatoms. The first-order valence-corrected chi connectivity index (χ1v) is 6.53. The average Bonchev–Trinajstić information content (AvgIpc) is 2.78. The second-order valence-electron chi connectivity index (χ2n) is 5.01. The van der Waals surface area contributed by atoms with Crippen LogP contribution in [0.1, 0.15) is 25.3 Å². The predicted octanol–water partition coefficient (Wildman–Crippen LogP) is 3.44. The van der Waals surface area contributed by atoms with E-state index in [-0.39, 0.29) is 16.6 Å². The number of benzene rings is 1.